The first-order valence-corrected chi connectivity index (χ1v) is 10.0. The molecule has 2 heterocycles. The summed E-state index contributed by atoms with van der Waals surface area (Å²) in [4.78, 5) is 19.2. The largest absolute Gasteiger partial charge is 0.497 e. The normalized spacial score (nSPS) is 16.6. The molecular formula is C23H25N3O3. The van der Waals surface area contributed by atoms with Crippen LogP contribution < -0.4 is 4.74 Å². The van der Waals surface area contributed by atoms with Crippen LogP contribution in [0.2, 0.25) is 0 Å². The summed E-state index contributed by atoms with van der Waals surface area (Å²) in [5.41, 5.74) is 2.07. The summed E-state index contributed by atoms with van der Waals surface area (Å²) in [5, 5.41) is 4.13. The number of likely N-dealkylation sites (tertiary alicyclic amines) is 1. The van der Waals surface area contributed by atoms with Gasteiger partial charge in [0.15, 0.2) is 0 Å². The number of benzene rings is 2. The number of methoxy groups -OCH3 is 1. The fourth-order valence-corrected chi connectivity index (χ4v) is 3.72. The molecule has 1 fully saturated rings. The third-order valence-corrected chi connectivity index (χ3v) is 5.38. The van der Waals surface area contributed by atoms with Gasteiger partial charge >= 0.3 is 0 Å². The molecule has 1 aliphatic heterocycles. The van der Waals surface area contributed by atoms with Gasteiger partial charge in [0.05, 0.1) is 13.0 Å². The molecule has 1 saturated heterocycles. The standard InChI is InChI=1S/C23H25N3O3/c1-28-20-12-10-18(11-13-20)22-24-23(29-25-22)19-8-5-15-26(16-19)21(27)14-9-17-6-3-2-4-7-17/h2-4,6-7,10-13,19H,5,8-9,14-16H2,1H3/t19-/m0/s1. The van der Waals surface area contributed by atoms with Gasteiger partial charge in [-0.15, -0.1) is 0 Å². The minimum Gasteiger partial charge on any atom is -0.497 e. The van der Waals surface area contributed by atoms with Crippen molar-refractivity contribution < 1.29 is 14.1 Å². The zero-order chi connectivity index (χ0) is 20.1. The van der Waals surface area contributed by atoms with Crippen LogP contribution in [0.25, 0.3) is 11.4 Å². The lowest BCUT2D eigenvalue weighted by molar-refractivity contribution is -0.132. The molecule has 0 N–H and O–H groups in total. The van der Waals surface area contributed by atoms with Crippen molar-refractivity contribution in [3.8, 4) is 17.1 Å². The molecule has 4 rings (SSSR count). The van der Waals surface area contributed by atoms with Crippen molar-refractivity contribution in [1.29, 1.82) is 0 Å². The highest BCUT2D eigenvalue weighted by molar-refractivity contribution is 5.76. The third-order valence-electron chi connectivity index (χ3n) is 5.38. The van der Waals surface area contributed by atoms with Crippen LogP contribution in [0.3, 0.4) is 0 Å². The molecule has 2 aromatic carbocycles. The summed E-state index contributed by atoms with van der Waals surface area (Å²) < 4.78 is 10.7. The number of amides is 1. The van der Waals surface area contributed by atoms with E-state index in [1.165, 1.54) is 5.56 Å². The first kappa shape index (κ1) is 19.2. The number of aromatic nitrogens is 2. The van der Waals surface area contributed by atoms with Gasteiger partial charge in [0.25, 0.3) is 0 Å². The molecule has 0 saturated carbocycles. The Bertz CT molecular complexity index is 938. The fourth-order valence-electron chi connectivity index (χ4n) is 3.72. The second kappa shape index (κ2) is 8.90. The molecule has 6 nitrogen and oxygen atoms in total. The maximum Gasteiger partial charge on any atom is 0.231 e. The lowest BCUT2D eigenvalue weighted by Gasteiger charge is -2.31. The highest BCUT2D eigenvalue weighted by Crippen LogP contribution is 2.28. The van der Waals surface area contributed by atoms with E-state index in [1.54, 1.807) is 7.11 Å². The highest BCUT2D eigenvalue weighted by Gasteiger charge is 2.28. The number of carbonyl (C=O) groups excluding carboxylic acids is 1. The van der Waals surface area contributed by atoms with Crippen LogP contribution >= 0.6 is 0 Å². The predicted octanol–water partition coefficient (Wildman–Crippen LogP) is 4.08. The maximum absolute atomic E-state index is 12.7. The van der Waals surface area contributed by atoms with E-state index in [0.29, 0.717) is 24.7 Å². The SMILES string of the molecule is COc1ccc(-c2noc([C@H]3CCCN(C(=O)CCc4ccccc4)C3)n2)cc1. The Morgan fingerprint density at radius 2 is 1.97 bits per heavy atom. The minimum absolute atomic E-state index is 0.0870. The van der Waals surface area contributed by atoms with E-state index in [0.717, 1.165) is 37.1 Å². The molecule has 6 heteroatoms. The summed E-state index contributed by atoms with van der Waals surface area (Å²) in [6.07, 6.45) is 3.19. The van der Waals surface area contributed by atoms with Gasteiger partial charge in [-0.1, -0.05) is 35.5 Å². The van der Waals surface area contributed by atoms with Gasteiger partial charge in [0.2, 0.25) is 17.6 Å². The summed E-state index contributed by atoms with van der Waals surface area (Å²) in [6.45, 7) is 1.43. The van der Waals surface area contributed by atoms with Gasteiger partial charge in [-0.2, -0.15) is 4.98 Å². The number of hydrogen-bond acceptors (Lipinski definition) is 5. The van der Waals surface area contributed by atoms with Gasteiger partial charge in [-0.3, -0.25) is 4.79 Å². The summed E-state index contributed by atoms with van der Waals surface area (Å²) in [6, 6.07) is 17.7. The second-order valence-electron chi connectivity index (χ2n) is 7.35. The topological polar surface area (TPSA) is 68.5 Å². The molecule has 3 aromatic rings. The van der Waals surface area contributed by atoms with Crippen molar-refractivity contribution in [3.05, 3.63) is 66.1 Å². The van der Waals surface area contributed by atoms with Crippen LogP contribution in [-0.2, 0) is 11.2 Å². The molecule has 1 aromatic heterocycles. The van der Waals surface area contributed by atoms with Gasteiger partial charge < -0.3 is 14.2 Å². The average Bonchev–Trinajstić information content (AvgIpc) is 3.29. The van der Waals surface area contributed by atoms with E-state index in [1.807, 2.05) is 47.4 Å². The Morgan fingerprint density at radius 1 is 1.17 bits per heavy atom. The molecule has 0 radical (unpaired) electrons. The number of ether oxygens (including phenoxy) is 1. The second-order valence-corrected chi connectivity index (χ2v) is 7.35. The van der Waals surface area contributed by atoms with Gasteiger partial charge in [-0.25, -0.2) is 0 Å². The molecule has 0 spiro atoms. The number of piperidine rings is 1. The molecular weight excluding hydrogens is 366 g/mol. The smallest absolute Gasteiger partial charge is 0.231 e. The lowest BCUT2D eigenvalue weighted by Crippen LogP contribution is -2.39. The van der Waals surface area contributed by atoms with E-state index < -0.39 is 0 Å². The van der Waals surface area contributed by atoms with Crippen molar-refractivity contribution in [2.24, 2.45) is 0 Å². The van der Waals surface area contributed by atoms with Crippen LogP contribution in [0.15, 0.2) is 59.1 Å². The Labute approximate surface area is 170 Å². The van der Waals surface area contributed by atoms with E-state index in [-0.39, 0.29) is 11.8 Å². The Morgan fingerprint density at radius 3 is 2.72 bits per heavy atom. The minimum atomic E-state index is 0.0870. The van der Waals surface area contributed by atoms with E-state index in [9.17, 15) is 4.79 Å². The molecule has 150 valence electrons. The van der Waals surface area contributed by atoms with Crippen molar-refractivity contribution in [3.63, 3.8) is 0 Å². The quantitative estimate of drug-likeness (QED) is 0.633. The summed E-state index contributed by atoms with van der Waals surface area (Å²) in [7, 11) is 1.64. The molecule has 1 atom stereocenters. The predicted molar refractivity (Wildman–Crippen MR) is 110 cm³/mol. The molecule has 29 heavy (non-hydrogen) atoms. The molecule has 0 aliphatic carbocycles. The zero-order valence-electron chi connectivity index (χ0n) is 16.6. The zero-order valence-corrected chi connectivity index (χ0v) is 16.6. The number of hydrogen-bond donors (Lipinski definition) is 0. The fraction of sp³-hybridized carbons (Fsp3) is 0.348. The number of aryl methyl sites for hydroxylation is 1. The monoisotopic (exact) mass is 391 g/mol. The molecule has 1 aliphatic rings. The first-order chi connectivity index (χ1) is 14.2. The van der Waals surface area contributed by atoms with Crippen LogP contribution in [0, 0.1) is 0 Å². The number of carbonyl (C=O) groups is 1. The van der Waals surface area contributed by atoms with E-state index >= 15 is 0 Å². The highest BCUT2D eigenvalue weighted by atomic mass is 16.5. The Balaban J connectivity index is 1.38. The average molecular weight is 391 g/mol. The van der Waals surface area contributed by atoms with Crippen LogP contribution in [0.5, 0.6) is 5.75 Å². The van der Waals surface area contributed by atoms with Gasteiger partial charge in [0, 0.05) is 25.1 Å². The first-order valence-electron chi connectivity index (χ1n) is 10.0. The maximum atomic E-state index is 12.7. The Hall–Kier alpha value is -3.15. The van der Waals surface area contributed by atoms with E-state index in [2.05, 4.69) is 22.3 Å². The van der Waals surface area contributed by atoms with Crippen LogP contribution in [0.1, 0.15) is 36.6 Å². The number of nitrogens with zero attached hydrogens (tertiary/aromatic N) is 3. The summed E-state index contributed by atoms with van der Waals surface area (Å²) in [5.74, 6) is 2.23. The Kier molecular flexibility index (Phi) is 5.89. The number of rotatable bonds is 6. The van der Waals surface area contributed by atoms with Crippen LogP contribution in [0.4, 0.5) is 0 Å². The molecule has 1 amide bonds. The van der Waals surface area contributed by atoms with Crippen molar-refractivity contribution in [2.75, 3.05) is 20.2 Å². The van der Waals surface area contributed by atoms with Crippen LogP contribution in [-0.4, -0.2) is 41.1 Å². The third kappa shape index (κ3) is 4.65. The molecule has 0 unspecified atom stereocenters. The van der Waals surface area contributed by atoms with E-state index in [4.69, 9.17) is 9.26 Å². The van der Waals surface area contributed by atoms with Gasteiger partial charge in [0.1, 0.15) is 5.75 Å². The summed E-state index contributed by atoms with van der Waals surface area (Å²) >= 11 is 0. The van der Waals surface area contributed by atoms with Crippen molar-refractivity contribution in [2.45, 2.75) is 31.6 Å². The van der Waals surface area contributed by atoms with Crippen molar-refractivity contribution in [1.82, 2.24) is 15.0 Å². The lowest BCUT2D eigenvalue weighted by atomic mass is 9.97. The van der Waals surface area contributed by atoms with Crippen molar-refractivity contribution >= 4 is 5.91 Å². The molecule has 0 bridgehead atoms. The van der Waals surface area contributed by atoms with Gasteiger partial charge in [-0.05, 0) is 49.1 Å².